The smallest absolute Gasteiger partial charge is 0.114 e. The summed E-state index contributed by atoms with van der Waals surface area (Å²) >= 11 is 0. The van der Waals surface area contributed by atoms with Crippen LogP contribution in [0.3, 0.4) is 0 Å². The van der Waals surface area contributed by atoms with E-state index >= 15 is 0 Å². The van der Waals surface area contributed by atoms with Crippen molar-refractivity contribution in [3.8, 4) is 0 Å². The molecule has 74 valence electrons. The highest BCUT2D eigenvalue weighted by Crippen LogP contribution is 2.06. The van der Waals surface area contributed by atoms with Gasteiger partial charge in [0.05, 0.1) is 32.1 Å². The number of rotatable bonds is 5. The lowest BCUT2D eigenvalue weighted by Crippen LogP contribution is -2.09. The third-order valence-electron chi connectivity index (χ3n) is 1.66. The van der Waals surface area contributed by atoms with E-state index < -0.39 is 0 Å². The quantitative estimate of drug-likeness (QED) is 0.612. The first-order valence-electron chi connectivity index (χ1n) is 3.95. The van der Waals surface area contributed by atoms with Gasteiger partial charge in [-0.25, -0.2) is 4.68 Å². The average Bonchev–Trinajstić information content (AvgIpc) is 2.50. The van der Waals surface area contributed by atoms with E-state index in [2.05, 4.69) is 10.3 Å². The fourth-order valence-corrected chi connectivity index (χ4v) is 1.06. The summed E-state index contributed by atoms with van der Waals surface area (Å²) in [7, 11) is 1.55. The lowest BCUT2D eigenvalue weighted by atomic mass is 10.3. The maximum Gasteiger partial charge on any atom is 0.114 e. The van der Waals surface area contributed by atoms with Crippen LogP contribution in [-0.4, -0.2) is 38.9 Å². The molecule has 0 spiro atoms. The van der Waals surface area contributed by atoms with Crippen molar-refractivity contribution in [2.45, 2.75) is 19.8 Å². The molecule has 6 heteroatoms. The summed E-state index contributed by atoms with van der Waals surface area (Å²) in [5.41, 5.74) is 1.20. The largest absolute Gasteiger partial charge is 0.394 e. The molecule has 13 heavy (non-hydrogen) atoms. The summed E-state index contributed by atoms with van der Waals surface area (Å²) in [6.45, 7) is 0.531. The lowest BCUT2D eigenvalue weighted by Gasteiger charge is -2.03. The van der Waals surface area contributed by atoms with Gasteiger partial charge in [0.1, 0.15) is 5.69 Å². The molecular weight excluding hydrogens is 174 g/mol. The maximum atomic E-state index is 8.89. The van der Waals surface area contributed by atoms with Crippen molar-refractivity contribution >= 4 is 0 Å². The van der Waals surface area contributed by atoms with Crippen LogP contribution in [0.2, 0.25) is 0 Å². The summed E-state index contributed by atoms with van der Waals surface area (Å²) in [5, 5.41) is 25.1. The van der Waals surface area contributed by atoms with Crippen LogP contribution in [-0.2, 0) is 24.5 Å². The molecule has 0 aliphatic heterocycles. The van der Waals surface area contributed by atoms with Crippen LogP contribution in [0.1, 0.15) is 11.4 Å². The van der Waals surface area contributed by atoms with E-state index in [9.17, 15) is 0 Å². The van der Waals surface area contributed by atoms with Gasteiger partial charge in [0, 0.05) is 7.11 Å². The minimum Gasteiger partial charge on any atom is -0.394 e. The fourth-order valence-electron chi connectivity index (χ4n) is 1.06. The third-order valence-corrected chi connectivity index (χ3v) is 1.66. The Morgan fingerprint density at radius 2 is 2.23 bits per heavy atom. The Bertz CT molecular complexity index is 261. The summed E-state index contributed by atoms with van der Waals surface area (Å²) < 4.78 is 6.44. The molecule has 0 amide bonds. The summed E-state index contributed by atoms with van der Waals surface area (Å²) in [6.07, 6.45) is 0. The van der Waals surface area contributed by atoms with Gasteiger partial charge in [0.25, 0.3) is 0 Å². The van der Waals surface area contributed by atoms with Crippen molar-refractivity contribution in [2.24, 2.45) is 0 Å². The Labute approximate surface area is 75.8 Å². The second kappa shape index (κ2) is 4.90. The van der Waals surface area contributed by atoms with Crippen LogP contribution in [0.5, 0.6) is 0 Å². The molecule has 0 radical (unpaired) electrons. The molecule has 0 bridgehead atoms. The molecule has 1 aromatic heterocycles. The van der Waals surface area contributed by atoms with Crippen molar-refractivity contribution in [3.63, 3.8) is 0 Å². The number of hydrogen-bond donors (Lipinski definition) is 2. The third kappa shape index (κ3) is 2.24. The molecular formula is C7H13N3O3. The van der Waals surface area contributed by atoms with E-state index in [1.807, 2.05) is 0 Å². The van der Waals surface area contributed by atoms with Gasteiger partial charge in [0.2, 0.25) is 0 Å². The first kappa shape index (κ1) is 10.1. The van der Waals surface area contributed by atoms with Crippen molar-refractivity contribution < 1.29 is 14.9 Å². The van der Waals surface area contributed by atoms with Crippen molar-refractivity contribution in [1.82, 2.24) is 15.0 Å². The second-order valence-electron chi connectivity index (χ2n) is 2.52. The molecule has 0 unspecified atom stereocenters. The van der Waals surface area contributed by atoms with Crippen LogP contribution in [0.25, 0.3) is 0 Å². The summed E-state index contributed by atoms with van der Waals surface area (Å²) in [4.78, 5) is 0. The van der Waals surface area contributed by atoms with E-state index in [1.165, 1.54) is 4.68 Å². The monoisotopic (exact) mass is 187 g/mol. The summed E-state index contributed by atoms with van der Waals surface area (Å²) in [6, 6.07) is 0. The minimum atomic E-state index is -0.163. The molecule has 0 saturated heterocycles. The van der Waals surface area contributed by atoms with Gasteiger partial charge < -0.3 is 14.9 Å². The normalized spacial score (nSPS) is 10.7. The first-order chi connectivity index (χ1) is 6.33. The van der Waals surface area contributed by atoms with Crippen LogP contribution in [0.4, 0.5) is 0 Å². The molecule has 1 rings (SSSR count). The topological polar surface area (TPSA) is 80.4 Å². The van der Waals surface area contributed by atoms with E-state index in [1.54, 1.807) is 7.11 Å². The van der Waals surface area contributed by atoms with Gasteiger partial charge in [-0.15, -0.1) is 5.10 Å². The highest BCUT2D eigenvalue weighted by molar-refractivity contribution is 5.07. The van der Waals surface area contributed by atoms with Crippen LogP contribution in [0, 0.1) is 0 Å². The van der Waals surface area contributed by atoms with Gasteiger partial charge in [0.15, 0.2) is 0 Å². The minimum absolute atomic E-state index is 0.00899. The zero-order valence-corrected chi connectivity index (χ0v) is 7.47. The fraction of sp³-hybridized carbons (Fsp3) is 0.714. The van der Waals surface area contributed by atoms with Gasteiger partial charge in [-0.2, -0.15) is 0 Å². The molecule has 0 fully saturated rings. The highest BCUT2D eigenvalue weighted by atomic mass is 16.5. The lowest BCUT2D eigenvalue weighted by molar-refractivity contribution is 0.170. The second-order valence-corrected chi connectivity index (χ2v) is 2.52. The van der Waals surface area contributed by atoms with E-state index in [-0.39, 0.29) is 13.2 Å². The zero-order valence-electron chi connectivity index (χ0n) is 7.47. The Balaban J connectivity index is 2.85. The summed E-state index contributed by atoms with van der Waals surface area (Å²) in [5.74, 6) is 0. The predicted octanol–water partition coefficient (Wildman–Crippen LogP) is -1.09. The highest BCUT2D eigenvalue weighted by Gasteiger charge is 2.10. The van der Waals surface area contributed by atoms with E-state index in [0.717, 1.165) is 0 Å². The number of nitrogens with zero attached hydrogens (tertiary/aromatic N) is 3. The number of aromatic nitrogens is 3. The van der Waals surface area contributed by atoms with Gasteiger partial charge in [-0.3, -0.25) is 0 Å². The molecule has 0 aliphatic carbocycles. The number of ether oxygens (including phenoxy) is 1. The average molecular weight is 187 g/mol. The standard InChI is InChI=1S/C7H13N3O3/c1-13-5-7-6(4-12)8-9-10(7)2-3-11/h11-12H,2-5H2,1H3. The number of hydrogen-bond acceptors (Lipinski definition) is 5. The molecule has 1 aromatic rings. The molecule has 0 aliphatic rings. The Morgan fingerprint density at radius 3 is 2.77 bits per heavy atom. The SMILES string of the molecule is COCc1c(CO)nnn1CCO. The van der Waals surface area contributed by atoms with Crippen molar-refractivity contribution in [3.05, 3.63) is 11.4 Å². The predicted molar refractivity (Wildman–Crippen MR) is 43.7 cm³/mol. The van der Waals surface area contributed by atoms with Crippen molar-refractivity contribution in [1.29, 1.82) is 0 Å². The molecule has 0 saturated carbocycles. The first-order valence-corrected chi connectivity index (χ1v) is 3.95. The maximum absolute atomic E-state index is 8.89. The molecule has 0 atom stereocenters. The Hall–Kier alpha value is -0.980. The zero-order chi connectivity index (χ0) is 9.68. The van der Waals surface area contributed by atoms with Gasteiger partial charge in [-0.1, -0.05) is 5.21 Å². The van der Waals surface area contributed by atoms with E-state index in [4.69, 9.17) is 14.9 Å². The van der Waals surface area contributed by atoms with Crippen LogP contribution in [0.15, 0.2) is 0 Å². The van der Waals surface area contributed by atoms with Crippen molar-refractivity contribution in [2.75, 3.05) is 13.7 Å². The Kier molecular flexibility index (Phi) is 3.81. The van der Waals surface area contributed by atoms with Gasteiger partial charge in [-0.05, 0) is 0 Å². The Morgan fingerprint density at radius 1 is 1.46 bits per heavy atom. The molecule has 6 nitrogen and oxygen atoms in total. The number of methoxy groups -OCH3 is 1. The molecule has 1 heterocycles. The van der Waals surface area contributed by atoms with E-state index in [0.29, 0.717) is 24.5 Å². The van der Waals surface area contributed by atoms with Crippen LogP contribution < -0.4 is 0 Å². The number of aliphatic hydroxyl groups is 2. The molecule has 0 aromatic carbocycles. The van der Waals surface area contributed by atoms with Gasteiger partial charge >= 0.3 is 0 Å². The molecule has 2 N–H and O–H groups in total. The van der Waals surface area contributed by atoms with Crippen LogP contribution >= 0.6 is 0 Å². The number of aliphatic hydroxyl groups excluding tert-OH is 2.